The molecule has 0 bridgehead atoms. The molecule has 1 aliphatic heterocycles. The van der Waals surface area contributed by atoms with Gasteiger partial charge in [-0.25, -0.2) is 4.79 Å². The van der Waals surface area contributed by atoms with E-state index in [4.69, 9.17) is 11.1 Å². The number of benzene rings is 2. The summed E-state index contributed by atoms with van der Waals surface area (Å²) < 4.78 is 0. The number of carboxylic acid groups (broad SMARTS) is 2. The highest BCUT2D eigenvalue weighted by Crippen LogP contribution is 2.20. The van der Waals surface area contributed by atoms with Crippen molar-refractivity contribution in [1.82, 2.24) is 15.1 Å². The molecule has 0 radical (unpaired) electrons. The molecule has 0 spiro atoms. The molecule has 6 N–H and O–H groups in total. The number of rotatable bonds is 10. The summed E-state index contributed by atoms with van der Waals surface area (Å²) in [7, 11) is 0. The molecule has 3 rings (SSSR count). The van der Waals surface area contributed by atoms with E-state index in [9.17, 15) is 34.2 Å². The summed E-state index contributed by atoms with van der Waals surface area (Å²) in [6.07, 6.45) is -0.687. The molecule has 12 nitrogen and oxygen atoms in total. The highest BCUT2D eigenvalue weighted by molar-refractivity contribution is 6.00. The van der Waals surface area contributed by atoms with Crippen molar-refractivity contribution in [2.45, 2.75) is 24.9 Å². The molecular weight excluding hydrogens is 482 g/mol. The normalized spacial score (nSPS) is 16.1. The first-order chi connectivity index (χ1) is 17.6. The van der Waals surface area contributed by atoms with E-state index in [0.29, 0.717) is 11.1 Å². The van der Waals surface area contributed by atoms with Gasteiger partial charge >= 0.3 is 11.9 Å². The lowest BCUT2D eigenvalue weighted by atomic mass is 10.0. The molecule has 1 fully saturated rings. The zero-order valence-electron chi connectivity index (χ0n) is 19.8. The first-order valence-corrected chi connectivity index (χ1v) is 11.4. The van der Waals surface area contributed by atoms with Gasteiger partial charge in [-0.3, -0.25) is 24.6 Å². The molecule has 1 aliphatic rings. The van der Waals surface area contributed by atoms with Gasteiger partial charge in [0, 0.05) is 30.6 Å². The molecule has 3 amide bonds. The highest BCUT2D eigenvalue weighted by atomic mass is 16.4. The number of amidine groups is 1. The van der Waals surface area contributed by atoms with Gasteiger partial charge in [-0.05, 0) is 17.7 Å². The monoisotopic (exact) mass is 509 g/mol. The van der Waals surface area contributed by atoms with Gasteiger partial charge in [0.1, 0.15) is 17.9 Å². The number of nitrogen functional groups attached to an aromatic ring is 1. The lowest BCUT2D eigenvalue weighted by Crippen LogP contribution is -2.63. The van der Waals surface area contributed by atoms with E-state index in [1.165, 1.54) is 24.3 Å². The van der Waals surface area contributed by atoms with Crippen LogP contribution in [0.2, 0.25) is 0 Å². The van der Waals surface area contributed by atoms with Crippen LogP contribution in [0.3, 0.4) is 0 Å². The van der Waals surface area contributed by atoms with Gasteiger partial charge in [0.05, 0.1) is 13.0 Å². The van der Waals surface area contributed by atoms with Crippen molar-refractivity contribution in [2.24, 2.45) is 5.73 Å². The SMILES string of the molecule is N=C(N)c1ccc(C(=O)NCC(=O)N2CCN([C@@H](Cc3ccccc3)C(=O)O)C(=O)[C@@H]2CC(=O)O)cc1. The predicted octanol–water partition coefficient (Wildman–Crippen LogP) is -0.0895. The van der Waals surface area contributed by atoms with Crippen LogP contribution in [0.15, 0.2) is 54.6 Å². The minimum Gasteiger partial charge on any atom is -0.481 e. The zero-order valence-corrected chi connectivity index (χ0v) is 19.8. The molecular formula is C25H27N5O7. The van der Waals surface area contributed by atoms with Crippen LogP contribution >= 0.6 is 0 Å². The van der Waals surface area contributed by atoms with Gasteiger partial charge in [0.25, 0.3) is 5.91 Å². The van der Waals surface area contributed by atoms with E-state index in [-0.39, 0.29) is 30.9 Å². The molecule has 1 saturated heterocycles. The first-order valence-electron chi connectivity index (χ1n) is 11.4. The maximum Gasteiger partial charge on any atom is 0.326 e. The molecule has 0 saturated carbocycles. The largest absolute Gasteiger partial charge is 0.481 e. The molecule has 37 heavy (non-hydrogen) atoms. The predicted molar refractivity (Wildman–Crippen MR) is 131 cm³/mol. The first kappa shape index (κ1) is 26.9. The minimum atomic E-state index is -1.41. The third-order valence-corrected chi connectivity index (χ3v) is 6.01. The van der Waals surface area contributed by atoms with Crippen molar-refractivity contribution in [2.75, 3.05) is 19.6 Å². The number of aliphatic carboxylic acids is 2. The Hall–Kier alpha value is -4.74. The smallest absolute Gasteiger partial charge is 0.326 e. The Morgan fingerprint density at radius 3 is 2.19 bits per heavy atom. The third-order valence-electron chi connectivity index (χ3n) is 6.01. The van der Waals surface area contributed by atoms with Gasteiger partial charge in [0.2, 0.25) is 11.8 Å². The zero-order chi connectivity index (χ0) is 27.1. The fraction of sp³-hybridized carbons (Fsp3) is 0.280. The number of carboxylic acids is 2. The maximum absolute atomic E-state index is 13.2. The Kier molecular flexibility index (Phi) is 8.56. The molecule has 2 aromatic rings. The number of nitrogens with one attached hydrogen (secondary N) is 2. The Balaban J connectivity index is 1.71. The molecule has 2 aromatic carbocycles. The number of amides is 3. The summed E-state index contributed by atoms with van der Waals surface area (Å²) >= 11 is 0. The van der Waals surface area contributed by atoms with Crippen LogP contribution in [0, 0.1) is 5.41 Å². The standard InChI is InChI=1S/C25H27N5O7/c26-22(27)16-6-8-17(9-7-16)23(34)28-14-20(31)29-10-11-30(24(35)18(29)13-21(32)33)19(25(36)37)12-15-4-2-1-3-5-15/h1-9,18-19H,10-14H2,(H3,26,27)(H,28,34)(H,32,33)(H,36,37)/t18-,19-/m0/s1. The molecule has 0 aromatic heterocycles. The van der Waals surface area contributed by atoms with Crippen molar-refractivity contribution < 1.29 is 34.2 Å². The number of nitrogens with two attached hydrogens (primary N) is 1. The Morgan fingerprint density at radius 1 is 1.00 bits per heavy atom. The summed E-state index contributed by atoms with van der Waals surface area (Å²) in [5.74, 6) is -4.78. The molecule has 1 heterocycles. The topological polar surface area (TPSA) is 194 Å². The highest BCUT2D eigenvalue weighted by Gasteiger charge is 2.42. The van der Waals surface area contributed by atoms with E-state index >= 15 is 0 Å². The molecule has 194 valence electrons. The van der Waals surface area contributed by atoms with Gasteiger partial charge in [-0.2, -0.15) is 0 Å². The Bertz CT molecular complexity index is 1200. The average Bonchev–Trinajstić information content (AvgIpc) is 2.87. The number of hydrogen-bond acceptors (Lipinski definition) is 6. The average molecular weight is 510 g/mol. The number of hydrogen-bond donors (Lipinski definition) is 5. The van der Waals surface area contributed by atoms with Gasteiger partial charge in [0.15, 0.2) is 0 Å². The van der Waals surface area contributed by atoms with Crippen LogP contribution < -0.4 is 11.1 Å². The van der Waals surface area contributed by atoms with Crippen LogP contribution in [0.4, 0.5) is 0 Å². The van der Waals surface area contributed by atoms with Crippen LogP contribution in [0.5, 0.6) is 0 Å². The summed E-state index contributed by atoms with van der Waals surface area (Å²) in [5, 5.41) is 29.0. The fourth-order valence-electron chi connectivity index (χ4n) is 4.11. The molecule has 2 atom stereocenters. The van der Waals surface area contributed by atoms with Crippen molar-refractivity contribution in [3.63, 3.8) is 0 Å². The van der Waals surface area contributed by atoms with Crippen molar-refractivity contribution >= 4 is 35.5 Å². The van der Waals surface area contributed by atoms with E-state index in [2.05, 4.69) is 5.32 Å². The van der Waals surface area contributed by atoms with Crippen molar-refractivity contribution in [1.29, 1.82) is 5.41 Å². The van der Waals surface area contributed by atoms with Crippen LogP contribution in [-0.4, -0.2) is 87.2 Å². The number of nitrogens with zero attached hydrogens (tertiary/aromatic N) is 2. The van der Waals surface area contributed by atoms with Gasteiger partial charge < -0.3 is 31.1 Å². The second kappa shape index (κ2) is 11.8. The van der Waals surface area contributed by atoms with E-state index in [1.54, 1.807) is 30.3 Å². The Morgan fingerprint density at radius 2 is 1.62 bits per heavy atom. The quantitative estimate of drug-likeness (QED) is 0.216. The second-order valence-corrected chi connectivity index (χ2v) is 8.45. The summed E-state index contributed by atoms with van der Waals surface area (Å²) in [6, 6.07) is 11.9. The third kappa shape index (κ3) is 6.69. The molecule has 12 heteroatoms. The van der Waals surface area contributed by atoms with Crippen LogP contribution in [0.25, 0.3) is 0 Å². The van der Waals surface area contributed by atoms with Crippen LogP contribution in [-0.2, 0) is 25.6 Å². The van der Waals surface area contributed by atoms with Crippen molar-refractivity contribution in [3.8, 4) is 0 Å². The fourth-order valence-corrected chi connectivity index (χ4v) is 4.11. The minimum absolute atomic E-state index is 0.0220. The molecule has 0 aliphatic carbocycles. The van der Waals surface area contributed by atoms with Crippen LogP contribution in [0.1, 0.15) is 27.9 Å². The second-order valence-electron chi connectivity index (χ2n) is 8.45. The summed E-state index contributed by atoms with van der Waals surface area (Å²) in [4.78, 5) is 64.2. The van der Waals surface area contributed by atoms with Gasteiger partial charge in [-0.1, -0.05) is 42.5 Å². The number of carbonyl (C=O) groups is 5. The van der Waals surface area contributed by atoms with E-state index in [0.717, 1.165) is 9.80 Å². The van der Waals surface area contributed by atoms with E-state index < -0.39 is 54.7 Å². The molecule has 0 unspecified atom stereocenters. The summed E-state index contributed by atoms with van der Waals surface area (Å²) in [6.45, 7) is -0.696. The lowest BCUT2D eigenvalue weighted by molar-refractivity contribution is -0.161. The number of piperazine rings is 1. The Labute approximate surface area is 212 Å². The lowest BCUT2D eigenvalue weighted by Gasteiger charge is -2.42. The van der Waals surface area contributed by atoms with E-state index in [1.807, 2.05) is 0 Å². The maximum atomic E-state index is 13.2. The number of carbonyl (C=O) groups excluding carboxylic acids is 3. The van der Waals surface area contributed by atoms with Crippen molar-refractivity contribution in [3.05, 3.63) is 71.3 Å². The van der Waals surface area contributed by atoms with Gasteiger partial charge in [-0.15, -0.1) is 0 Å². The summed E-state index contributed by atoms with van der Waals surface area (Å²) in [5.41, 5.74) is 6.72.